The summed E-state index contributed by atoms with van der Waals surface area (Å²) < 4.78 is 1.08. The van der Waals surface area contributed by atoms with E-state index in [2.05, 4.69) is 23.2 Å². The molecule has 3 nitrogen and oxygen atoms in total. The highest BCUT2D eigenvalue weighted by atomic mass is 32.2. The quantitative estimate of drug-likeness (QED) is 0.517. The number of nitrogens with zero attached hydrogens (tertiary/aromatic N) is 1. The number of carboxylic acid groups (broad SMARTS) is 1. The summed E-state index contributed by atoms with van der Waals surface area (Å²) in [5.41, 5.74) is 1.97. The van der Waals surface area contributed by atoms with E-state index in [0.29, 0.717) is 0 Å². The molecule has 0 aliphatic heterocycles. The maximum Gasteiger partial charge on any atom is 0.131 e. The lowest BCUT2D eigenvalue weighted by molar-refractivity contribution is -0.301. The highest BCUT2D eigenvalue weighted by Gasteiger charge is 2.11. The van der Waals surface area contributed by atoms with Gasteiger partial charge in [-0.15, -0.1) is 23.1 Å². The molecule has 0 amide bonds. The summed E-state index contributed by atoms with van der Waals surface area (Å²) in [5, 5.41) is 14.1. The van der Waals surface area contributed by atoms with Crippen LogP contribution in [0.15, 0.2) is 66.7 Å². The summed E-state index contributed by atoms with van der Waals surface area (Å²) in [4.78, 5) is 16.5. The molecule has 1 heterocycles. The molecular weight excluding hydrogens is 362 g/mol. The van der Waals surface area contributed by atoms with Crippen LogP contribution >= 0.6 is 23.1 Å². The fourth-order valence-corrected chi connectivity index (χ4v) is 4.63. The van der Waals surface area contributed by atoms with E-state index < -0.39 is 5.97 Å². The molecule has 0 fully saturated rings. The summed E-state index contributed by atoms with van der Waals surface area (Å²) in [7, 11) is 0. The Morgan fingerprint density at radius 2 is 1.81 bits per heavy atom. The van der Waals surface area contributed by atoms with Gasteiger partial charge in [0.05, 0.1) is 16.2 Å². The van der Waals surface area contributed by atoms with E-state index in [1.54, 1.807) is 11.3 Å². The number of aliphatic carboxylic acids is 1. The van der Waals surface area contributed by atoms with Crippen LogP contribution < -0.4 is 5.11 Å². The minimum atomic E-state index is -1.08. The summed E-state index contributed by atoms with van der Waals surface area (Å²) in [5.74, 6) is -1.19. The smallest absolute Gasteiger partial charge is 0.131 e. The number of rotatable bonds is 5. The molecule has 0 saturated heterocycles. The Morgan fingerprint density at radius 1 is 1.04 bits per heavy atom. The third-order valence-electron chi connectivity index (χ3n) is 3.96. The number of benzene rings is 3. The molecule has 5 heteroatoms. The Hall–Kier alpha value is -2.63. The number of thioether (sulfide) groups is 1. The van der Waals surface area contributed by atoms with Crippen LogP contribution in [0.4, 0.5) is 0 Å². The first-order valence-corrected chi connectivity index (χ1v) is 9.89. The van der Waals surface area contributed by atoms with Crippen molar-refractivity contribution >= 4 is 61.0 Å². The van der Waals surface area contributed by atoms with Crippen molar-refractivity contribution in [3.63, 3.8) is 0 Å². The lowest BCUT2D eigenvalue weighted by atomic mass is 10.0. The molecule has 0 aliphatic carbocycles. The van der Waals surface area contributed by atoms with Crippen molar-refractivity contribution < 1.29 is 9.90 Å². The maximum absolute atomic E-state index is 11.0. The van der Waals surface area contributed by atoms with Gasteiger partial charge in [0.15, 0.2) is 0 Å². The predicted octanol–water partition coefficient (Wildman–Crippen LogP) is 4.43. The van der Waals surface area contributed by atoms with Crippen LogP contribution in [-0.4, -0.2) is 16.7 Å². The highest BCUT2D eigenvalue weighted by Crippen LogP contribution is 2.36. The molecule has 4 rings (SSSR count). The fourth-order valence-electron chi connectivity index (χ4n) is 2.80. The largest absolute Gasteiger partial charge is 0.549 e. The molecule has 128 valence electrons. The molecular formula is C21H14NO2S2-. The first-order valence-electron chi connectivity index (χ1n) is 8.09. The van der Waals surface area contributed by atoms with Crippen LogP contribution in [-0.2, 0) is 4.79 Å². The lowest BCUT2D eigenvalue weighted by Crippen LogP contribution is -2.24. The third-order valence-corrected chi connectivity index (χ3v) is 6.16. The molecule has 0 radical (unpaired) electrons. The van der Waals surface area contributed by atoms with E-state index in [9.17, 15) is 9.90 Å². The first-order chi connectivity index (χ1) is 12.7. The van der Waals surface area contributed by atoms with Gasteiger partial charge in [-0.25, -0.2) is 4.98 Å². The molecule has 0 saturated carbocycles. The van der Waals surface area contributed by atoms with E-state index in [0.717, 1.165) is 36.5 Å². The van der Waals surface area contributed by atoms with Crippen LogP contribution in [0.3, 0.4) is 0 Å². The summed E-state index contributed by atoms with van der Waals surface area (Å²) in [6.07, 6.45) is 2.02. The summed E-state index contributed by atoms with van der Waals surface area (Å²) in [6.45, 7) is 0. The molecule has 0 atom stereocenters. The topological polar surface area (TPSA) is 53.0 Å². The number of thiazole rings is 1. The normalized spacial score (nSPS) is 11.9. The van der Waals surface area contributed by atoms with Crippen molar-refractivity contribution in [1.82, 2.24) is 4.98 Å². The van der Waals surface area contributed by atoms with Gasteiger partial charge in [0.1, 0.15) is 5.01 Å². The van der Waals surface area contributed by atoms with E-state index in [4.69, 9.17) is 0 Å². The number of hydrogen-bond donors (Lipinski definition) is 0. The zero-order valence-electron chi connectivity index (χ0n) is 13.7. The fraction of sp³-hybridized carbons (Fsp3) is 0.0476. The number of para-hydroxylation sites is 1. The minimum Gasteiger partial charge on any atom is -0.549 e. The predicted molar refractivity (Wildman–Crippen MR) is 109 cm³/mol. The number of fused-ring (bicyclic) bond motifs is 2. The molecule has 4 aromatic rings. The van der Waals surface area contributed by atoms with Gasteiger partial charge in [0.25, 0.3) is 0 Å². The van der Waals surface area contributed by atoms with Crippen molar-refractivity contribution in [3.8, 4) is 0 Å². The van der Waals surface area contributed by atoms with E-state index in [-0.39, 0.29) is 5.75 Å². The average Bonchev–Trinajstić information content (AvgIpc) is 3.09. The van der Waals surface area contributed by atoms with Crippen LogP contribution in [0.1, 0.15) is 10.6 Å². The lowest BCUT2D eigenvalue weighted by Gasteiger charge is -2.07. The second-order valence-corrected chi connectivity index (χ2v) is 7.77. The van der Waals surface area contributed by atoms with Crippen LogP contribution in [0.25, 0.3) is 32.0 Å². The molecule has 3 aromatic carbocycles. The Labute approximate surface area is 159 Å². The third kappa shape index (κ3) is 3.49. The van der Waals surface area contributed by atoms with Gasteiger partial charge in [0.2, 0.25) is 0 Å². The SMILES string of the molecule is O=C([O-])CS/C(=C\c1cccc2ccccc12)c1nc2ccccc2s1. The zero-order valence-corrected chi connectivity index (χ0v) is 15.3. The molecule has 26 heavy (non-hydrogen) atoms. The van der Waals surface area contributed by atoms with Gasteiger partial charge in [-0.3, -0.25) is 0 Å². The maximum atomic E-state index is 11.0. The van der Waals surface area contributed by atoms with Gasteiger partial charge in [-0.05, 0) is 34.5 Å². The van der Waals surface area contributed by atoms with Gasteiger partial charge < -0.3 is 9.90 Å². The van der Waals surface area contributed by atoms with Gasteiger partial charge in [-0.2, -0.15) is 0 Å². The van der Waals surface area contributed by atoms with E-state index in [1.165, 1.54) is 11.8 Å². The first kappa shape index (κ1) is 16.8. The number of carboxylic acids is 1. The van der Waals surface area contributed by atoms with Gasteiger partial charge in [0, 0.05) is 10.7 Å². The summed E-state index contributed by atoms with van der Waals surface area (Å²) >= 11 is 2.82. The minimum absolute atomic E-state index is 0.105. The molecule has 0 spiro atoms. The Bertz CT molecular complexity index is 1090. The van der Waals surface area contributed by atoms with Crippen molar-refractivity contribution in [2.75, 3.05) is 5.75 Å². The van der Waals surface area contributed by atoms with Crippen molar-refractivity contribution in [2.45, 2.75) is 0 Å². The Balaban J connectivity index is 1.84. The van der Waals surface area contributed by atoms with Crippen molar-refractivity contribution in [2.24, 2.45) is 0 Å². The van der Waals surface area contributed by atoms with Crippen LogP contribution in [0.2, 0.25) is 0 Å². The molecule has 0 unspecified atom stereocenters. The monoisotopic (exact) mass is 376 g/mol. The molecule has 0 N–H and O–H groups in total. The summed E-state index contributed by atoms with van der Waals surface area (Å²) in [6, 6.07) is 22.2. The number of carbonyl (C=O) groups excluding carboxylic acids is 1. The van der Waals surface area contributed by atoms with Crippen LogP contribution in [0.5, 0.6) is 0 Å². The van der Waals surface area contributed by atoms with E-state index in [1.807, 2.05) is 54.6 Å². The molecule has 1 aromatic heterocycles. The second kappa shape index (κ2) is 7.32. The van der Waals surface area contributed by atoms with Crippen LogP contribution in [0, 0.1) is 0 Å². The van der Waals surface area contributed by atoms with Crippen molar-refractivity contribution in [3.05, 3.63) is 77.3 Å². The molecule has 0 aliphatic rings. The second-order valence-electron chi connectivity index (χ2n) is 5.72. The number of carbonyl (C=O) groups is 1. The van der Waals surface area contributed by atoms with Crippen molar-refractivity contribution in [1.29, 1.82) is 0 Å². The highest BCUT2D eigenvalue weighted by molar-refractivity contribution is 8.09. The van der Waals surface area contributed by atoms with E-state index >= 15 is 0 Å². The van der Waals surface area contributed by atoms with Gasteiger partial charge >= 0.3 is 0 Å². The average molecular weight is 376 g/mol. The molecule has 0 bridgehead atoms. The zero-order chi connectivity index (χ0) is 17.9. The number of hydrogen-bond acceptors (Lipinski definition) is 5. The number of aromatic nitrogens is 1. The van der Waals surface area contributed by atoms with Gasteiger partial charge in [-0.1, -0.05) is 54.6 Å². The standard InChI is InChI=1S/C21H15NO2S2/c23-20(24)13-25-19(21-22-17-10-3-4-11-18(17)26-21)12-15-8-5-7-14-6-1-2-9-16(14)15/h1-12H,13H2,(H,23,24)/p-1/b19-12-. The Kier molecular flexibility index (Phi) is 4.73. The Morgan fingerprint density at radius 3 is 2.65 bits per heavy atom.